The van der Waals surface area contributed by atoms with Crippen LogP contribution in [0.15, 0.2) is 30.6 Å². The number of fused-ring (bicyclic) bond motifs is 2. The van der Waals surface area contributed by atoms with E-state index >= 15 is 0 Å². The summed E-state index contributed by atoms with van der Waals surface area (Å²) in [6.45, 7) is 1.39. The maximum absolute atomic E-state index is 12.8. The van der Waals surface area contributed by atoms with Crippen LogP contribution in [0.2, 0.25) is 0 Å². The van der Waals surface area contributed by atoms with Crippen molar-refractivity contribution in [2.24, 2.45) is 5.92 Å². The summed E-state index contributed by atoms with van der Waals surface area (Å²) in [6.07, 6.45) is -3.30. The van der Waals surface area contributed by atoms with Crippen LogP contribution in [0.1, 0.15) is 34.7 Å². The highest BCUT2D eigenvalue weighted by Crippen LogP contribution is 2.57. The predicted molar refractivity (Wildman–Crippen MR) is 111 cm³/mol. The van der Waals surface area contributed by atoms with Crippen molar-refractivity contribution in [1.82, 2.24) is 19.4 Å². The second-order valence-corrected chi connectivity index (χ2v) is 8.07. The monoisotopic (exact) mass is 515 g/mol. The lowest BCUT2D eigenvalue weighted by molar-refractivity contribution is -0.192. The number of alkyl halides is 5. The molecule has 15 heteroatoms. The van der Waals surface area contributed by atoms with Gasteiger partial charge in [0, 0.05) is 11.6 Å². The molecule has 0 spiro atoms. The molecule has 1 saturated heterocycles. The van der Waals surface area contributed by atoms with Gasteiger partial charge in [-0.2, -0.15) is 18.2 Å². The number of imidazole rings is 1. The maximum atomic E-state index is 12.8. The molecule has 1 saturated carbocycles. The molecule has 2 aliphatic rings. The summed E-state index contributed by atoms with van der Waals surface area (Å²) in [7, 11) is 1.47. The van der Waals surface area contributed by atoms with Gasteiger partial charge in [0.1, 0.15) is 11.4 Å². The van der Waals surface area contributed by atoms with Gasteiger partial charge in [-0.3, -0.25) is 9.20 Å². The number of hydrogen-bond acceptors (Lipinski definition) is 7. The fourth-order valence-electron chi connectivity index (χ4n) is 3.83. The number of anilines is 1. The molecular weight excluding hydrogens is 497 g/mol. The molecule has 36 heavy (non-hydrogen) atoms. The van der Waals surface area contributed by atoms with Gasteiger partial charge < -0.3 is 19.9 Å². The zero-order valence-electron chi connectivity index (χ0n) is 18.4. The van der Waals surface area contributed by atoms with Gasteiger partial charge in [0.25, 0.3) is 18.2 Å². The highest BCUT2D eigenvalue weighted by molar-refractivity contribution is 6.02. The number of rotatable bonds is 5. The van der Waals surface area contributed by atoms with Crippen molar-refractivity contribution in [3.05, 3.63) is 47.7 Å². The Morgan fingerprint density at radius 2 is 1.97 bits per heavy atom. The molecule has 10 nitrogen and oxygen atoms in total. The highest BCUT2D eigenvalue weighted by Gasteiger charge is 2.60. The summed E-state index contributed by atoms with van der Waals surface area (Å²) < 4.78 is 70.0. The first kappa shape index (κ1) is 25.2. The number of carbonyl (C=O) groups is 2. The van der Waals surface area contributed by atoms with Gasteiger partial charge in [-0.25, -0.2) is 23.5 Å². The van der Waals surface area contributed by atoms with Crippen molar-refractivity contribution < 1.29 is 46.1 Å². The normalized spacial score (nSPS) is 20.5. The molecule has 3 aromatic rings. The Labute approximate surface area is 199 Å². The van der Waals surface area contributed by atoms with Crippen LogP contribution in [0, 0.1) is 5.92 Å². The number of methoxy groups -OCH3 is 1. The number of nitrogens with zero attached hydrogens (tertiary/aromatic N) is 4. The molecule has 2 N–H and O–H groups in total. The van der Waals surface area contributed by atoms with E-state index < -0.39 is 30.2 Å². The van der Waals surface area contributed by atoms with Crippen LogP contribution in [0.25, 0.3) is 5.65 Å². The van der Waals surface area contributed by atoms with Crippen LogP contribution >= 0.6 is 0 Å². The number of nitrogens with one attached hydrogen (secondary N) is 1. The molecule has 2 unspecified atom stereocenters. The quantitative estimate of drug-likeness (QED) is 0.496. The van der Waals surface area contributed by atoms with E-state index in [1.54, 1.807) is 10.6 Å². The molecule has 0 aromatic carbocycles. The van der Waals surface area contributed by atoms with Crippen molar-refractivity contribution >= 4 is 23.3 Å². The third kappa shape index (κ3) is 4.91. The Balaban J connectivity index is 0.000000384. The molecule has 4 heterocycles. The zero-order chi connectivity index (χ0) is 26.3. The molecule has 0 radical (unpaired) electrons. The molecule has 0 bridgehead atoms. The number of amides is 1. The Bertz CT molecular complexity index is 1310. The van der Waals surface area contributed by atoms with E-state index in [1.165, 1.54) is 25.3 Å². The summed E-state index contributed by atoms with van der Waals surface area (Å²) >= 11 is 0. The van der Waals surface area contributed by atoms with Crippen molar-refractivity contribution in [2.45, 2.75) is 24.4 Å². The number of halogens is 5. The average molecular weight is 515 g/mol. The second kappa shape index (κ2) is 9.29. The molecule has 2 fully saturated rings. The number of hydrogen-bond donors (Lipinski definition) is 2. The summed E-state index contributed by atoms with van der Waals surface area (Å²) in [5.41, 5.74) is 0.813. The third-order valence-electron chi connectivity index (χ3n) is 5.73. The summed E-state index contributed by atoms with van der Waals surface area (Å²) in [4.78, 5) is 34.0. The molecule has 1 aliphatic heterocycles. The van der Waals surface area contributed by atoms with Crippen LogP contribution in [-0.4, -0.2) is 62.8 Å². The minimum Gasteiger partial charge on any atom is -0.478 e. The average Bonchev–Trinajstić information content (AvgIpc) is 3.15. The fraction of sp³-hybridized carbons (Fsp3) is 0.381. The van der Waals surface area contributed by atoms with E-state index in [0.29, 0.717) is 18.2 Å². The topological polar surface area (TPSA) is 128 Å². The first-order valence-corrected chi connectivity index (χ1v) is 10.3. The first-order chi connectivity index (χ1) is 16.9. The number of aliphatic carboxylic acids is 1. The van der Waals surface area contributed by atoms with Gasteiger partial charge in [-0.15, -0.1) is 0 Å². The van der Waals surface area contributed by atoms with Gasteiger partial charge in [0.05, 0.1) is 32.2 Å². The van der Waals surface area contributed by atoms with Gasteiger partial charge in [-0.1, -0.05) is 6.07 Å². The summed E-state index contributed by atoms with van der Waals surface area (Å²) in [5.74, 6) is -2.48. The smallest absolute Gasteiger partial charge is 0.478 e. The molecule has 3 aromatic heterocycles. The van der Waals surface area contributed by atoms with Crippen LogP contribution in [0.3, 0.4) is 0 Å². The Hall–Kier alpha value is -3.88. The Morgan fingerprint density at radius 3 is 2.53 bits per heavy atom. The Morgan fingerprint density at radius 1 is 1.25 bits per heavy atom. The number of carbonyl (C=O) groups excluding carboxylic acids is 1. The van der Waals surface area contributed by atoms with E-state index in [0.717, 1.165) is 18.7 Å². The number of pyridine rings is 1. The molecular formula is C21H18F5N5O5. The minimum absolute atomic E-state index is 0.0416. The number of carboxylic acid groups (broad SMARTS) is 1. The van der Waals surface area contributed by atoms with Gasteiger partial charge in [0.2, 0.25) is 5.65 Å². The van der Waals surface area contributed by atoms with Crippen LogP contribution in [0.5, 0.6) is 5.88 Å². The predicted octanol–water partition coefficient (Wildman–Crippen LogP) is 3.24. The minimum atomic E-state index is -5.08. The first-order valence-electron chi connectivity index (χ1n) is 10.3. The van der Waals surface area contributed by atoms with Gasteiger partial charge in [0.15, 0.2) is 5.82 Å². The highest BCUT2D eigenvalue weighted by atomic mass is 19.4. The van der Waals surface area contributed by atoms with Crippen molar-refractivity contribution in [3.8, 4) is 5.88 Å². The SMILES string of the molecule is COc1nc(NC(=O)c2cccc(C(F)F)n2)cn2cc(C34COCC3C4)nc12.O=C(O)C(F)(F)F. The summed E-state index contributed by atoms with van der Waals surface area (Å²) in [5, 5.41) is 9.70. The fourth-order valence-corrected chi connectivity index (χ4v) is 3.83. The second-order valence-electron chi connectivity index (χ2n) is 8.07. The Kier molecular flexibility index (Phi) is 6.51. The van der Waals surface area contributed by atoms with Crippen molar-refractivity contribution in [1.29, 1.82) is 0 Å². The maximum Gasteiger partial charge on any atom is 0.490 e. The van der Waals surface area contributed by atoms with Crippen LogP contribution < -0.4 is 10.1 Å². The van der Waals surface area contributed by atoms with Gasteiger partial charge in [-0.05, 0) is 24.5 Å². The molecule has 2 atom stereocenters. The van der Waals surface area contributed by atoms with Gasteiger partial charge >= 0.3 is 12.1 Å². The lowest BCUT2D eigenvalue weighted by Crippen LogP contribution is -2.21. The molecule has 192 valence electrons. The number of ether oxygens (including phenoxy) is 2. The third-order valence-corrected chi connectivity index (χ3v) is 5.73. The molecule has 1 aliphatic carbocycles. The lowest BCUT2D eigenvalue weighted by atomic mass is 10.0. The van der Waals surface area contributed by atoms with Crippen molar-refractivity contribution in [2.75, 3.05) is 25.6 Å². The number of carboxylic acids is 1. The van der Waals surface area contributed by atoms with Crippen LogP contribution in [0.4, 0.5) is 27.8 Å². The molecule has 5 rings (SSSR count). The standard InChI is InChI=1S/C19H17F2N5O3.C2HF3O2/c1-28-18-16-23-13(19-5-10(19)8-29-9-19)6-26(16)7-14(25-18)24-17(27)12-4-2-3-11(22-12)15(20)21;3-2(4,5)1(6)7/h2-4,6-7,10,15H,5,8-9H2,1H3,(H,24,27);(H,6,7). The summed E-state index contributed by atoms with van der Waals surface area (Å²) in [6, 6.07) is 3.88. The van der Waals surface area contributed by atoms with E-state index in [4.69, 9.17) is 19.4 Å². The van der Waals surface area contributed by atoms with E-state index in [1.807, 2.05) is 6.20 Å². The van der Waals surface area contributed by atoms with Crippen LogP contribution in [-0.2, 0) is 14.9 Å². The van der Waals surface area contributed by atoms with E-state index in [2.05, 4.69) is 20.3 Å². The zero-order valence-corrected chi connectivity index (χ0v) is 18.4. The van der Waals surface area contributed by atoms with Crippen molar-refractivity contribution in [3.63, 3.8) is 0 Å². The lowest BCUT2D eigenvalue weighted by Gasteiger charge is -2.08. The van der Waals surface area contributed by atoms with E-state index in [9.17, 15) is 26.7 Å². The largest absolute Gasteiger partial charge is 0.490 e. The molecule has 1 amide bonds. The van der Waals surface area contributed by atoms with E-state index in [-0.39, 0.29) is 22.8 Å². The number of aromatic nitrogens is 4.